The van der Waals surface area contributed by atoms with E-state index in [1.54, 1.807) is 5.51 Å². The zero-order valence-electron chi connectivity index (χ0n) is 7.32. The maximum absolute atomic E-state index is 10.4. The van der Waals surface area contributed by atoms with Crippen LogP contribution in [0.15, 0.2) is 23.8 Å². The van der Waals surface area contributed by atoms with Crippen molar-refractivity contribution in [2.24, 2.45) is 0 Å². The second-order valence-corrected chi connectivity index (χ2v) is 3.36. The molecule has 2 rings (SSSR count). The second-order valence-electron chi connectivity index (χ2n) is 2.53. The molecule has 8 heteroatoms. The van der Waals surface area contributed by atoms with Crippen molar-refractivity contribution in [3.63, 3.8) is 0 Å². The van der Waals surface area contributed by atoms with Crippen LogP contribution in [0.4, 0.5) is 16.6 Å². The number of rotatable bonds is 3. The standard InChI is InChI=1S/C7H5N5O2S/c13-12(14)5-1-2-6(8-3-5)10-7-11-9-4-15-7/h1-4H,(H,8,10,11). The third kappa shape index (κ3) is 2.23. The molecule has 2 aromatic heterocycles. The van der Waals surface area contributed by atoms with Crippen molar-refractivity contribution in [2.75, 3.05) is 5.32 Å². The van der Waals surface area contributed by atoms with Crippen molar-refractivity contribution in [1.82, 2.24) is 15.2 Å². The largest absolute Gasteiger partial charge is 0.315 e. The van der Waals surface area contributed by atoms with Crippen molar-refractivity contribution in [2.45, 2.75) is 0 Å². The lowest BCUT2D eigenvalue weighted by atomic mass is 10.4. The molecule has 0 spiro atoms. The Balaban J connectivity index is 2.14. The van der Waals surface area contributed by atoms with E-state index >= 15 is 0 Å². The smallest absolute Gasteiger partial charge is 0.287 e. The van der Waals surface area contributed by atoms with Crippen LogP contribution in [0.25, 0.3) is 0 Å². The lowest BCUT2D eigenvalue weighted by molar-refractivity contribution is -0.385. The summed E-state index contributed by atoms with van der Waals surface area (Å²) in [6.07, 6.45) is 1.18. The van der Waals surface area contributed by atoms with E-state index < -0.39 is 4.92 Å². The first-order valence-corrected chi connectivity index (χ1v) is 4.77. The van der Waals surface area contributed by atoms with Crippen LogP contribution >= 0.6 is 11.3 Å². The van der Waals surface area contributed by atoms with Crippen molar-refractivity contribution in [3.8, 4) is 0 Å². The number of anilines is 2. The molecule has 15 heavy (non-hydrogen) atoms. The molecule has 7 nitrogen and oxygen atoms in total. The molecule has 0 saturated carbocycles. The number of aromatic nitrogens is 3. The molecule has 0 radical (unpaired) electrons. The summed E-state index contributed by atoms with van der Waals surface area (Å²) in [5, 5.41) is 21.2. The summed E-state index contributed by atoms with van der Waals surface area (Å²) in [6.45, 7) is 0. The number of hydrogen-bond donors (Lipinski definition) is 1. The van der Waals surface area contributed by atoms with Gasteiger partial charge in [0.1, 0.15) is 17.5 Å². The maximum atomic E-state index is 10.4. The average molecular weight is 223 g/mol. The number of nitro groups is 1. The van der Waals surface area contributed by atoms with E-state index in [1.807, 2.05) is 0 Å². The highest BCUT2D eigenvalue weighted by atomic mass is 32.1. The summed E-state index contributed by atoms with van der Waals surface area (Å²) in [4.78, 5) is 13.7. The molecule has 0 aliphatic heterocycles. The molecule has 0 saturated heterocycles. The van der Waals surface area contributed by atoms with Gasteiger partial charge in [-0.1, -0.05) is 11.3 Å². The number of hydrogen-bond acceptors (Lipinski definition) is 7. The summed E-state index contributed by atoms with van der Waals surface area (Å²) in [7, 11) is 0. The molecular weight excluding hydrogens is 218 g/mol. The summed E-state index contributed by atoms with van der Waals surface area (Å²) in [6, 6.07) is 2.88. The Morgan fingerprint density at radius 3 is 2.87 bits per heavy atom. The maximum Gasteiger partial charge on any atom is 0.287 e. The summed E-state index contributed by atoms with van der Waals surface area (Å²) in [5.74, 6) is 0.498. The Hall–Kier alpha value is -2.09. The van der Waals surface area contributed by atoms with Gasteiger partial charge in [-0.2, -0.15) is 0 Å². The molecular formula is C7H5N5O2S. The van der Waals surface area contributed by atoms with E-state index in [9.17, 15) is 10.1 Å². The van der Waals surface area contributed by atoms with Gasteiger partial charge in [0.05, 0.1) is 4.92 Å². The van der Waals surface area contributed by atoms with Crippen molar-refractivity contribution < 1.29 is 4.92 Å². The Morgan fingerprint density at radius 2 is 2.33 bits per heavy atom. The molecule has 0 bridgehead atoms. The Kier molecular flexibility index (Phi) is 2.50. The first kappa shape index (κ1) is 9.46. The van der Waals surface area contributed by atoms with Crippen LogP contribution in [0.1, 0.15) is 0 Å². The van der Waals surface area contributed by atoms with Crippen LogP contribution in [0, 0.1) is 10.1 Å². The van der Waals surface area contributed by atoms with Crippen LogP contribution in [-0.4, -0.2) is 20.1 Å². The summed E-state index contributed by atoms with van der Waals surface area (Å²) in [5.41, 5.74) is 1.53. The van der Waals surface area contributed by atoms with E-state index in [1.165, 1.54) is 29.7 Å². The van der Waals surface area contributed by atoms with Crippen LogP contribution in [0.5, 0.6) is 0 Å². The third-order valence-corrected chi connectivity index (χ3v) is 2.16. The van der Waals surface area contributed by atoms with Crippen LogP contribution in [0.3, 0.4) is 0 Å². The van der Waals surface area contributed by atoms with Crippen LogP contribution in [-0.2, 0) is 0 Å². The molecule has 0 atom stereocenters. The molecule has 76 valence electrons. The first-order valence-electron chi connectivity index (χ1n) is 3.89. The van der Waals surface area contributed by atoms with Crippen molar-refractivity contribution in [1.29, 1.82) is 0 Å². The zero-order valence-corrected chi connectivity index (χ0v) is 8.14. The minimum atomic E-state index is -0.498. The highest BCUT2D eigenvalue weighted by molar-refractivity contribution is 7.13. The van der Waals surface area contributed by atoms with E-state index in [4.69, 9.17) is 0 Å². The van der Waals surface area contributed by atoms with Gasteiger partial charge in [-0.25, -0.2) is 4.98 Å². The minimum Gasteiger partial charge on any atom is -0.315 e. The summed E-state index contributed by atoms with van der Waals surface area (Å²) < 4.78 is 0. The van der Waals surface area contributed by atoms with Gasteiger partial charge in [0.25, 0.3) is 5.69 Å². The van der Waals surface area contributed by atoms with Gasteiger partial charge in [-0.15, -0.1) is 10.2 Å². The van der Waals surface area contributed by atoms with Crippen molar-refractivity contribution in [3.05, 3.63) is 34.0 Å². The highest BCUT2D eigenvalue weighted by Gasteiger charge is 2.05. The van der Waals surface area contributed by atoms with Crippen LogP contribution < -0.4 is 5.32 Å². The fourth-order valence-corrected chi connectivity index (χ4v) is 1.36. The third-order valence-electron chi connectivity index (χ3n) is 1.55. The Morgan fingerprint density at radius 1 is 1.47 bits per heavy atom. The molecule has 0 aromatic carbocycles. The Labute approximate surface area is 88.0 Å². The molecule has 2 aromatic rings. The molecule has 0 aliphatic carbocycles. The van der Waals surface area contributed by atoms with Gasteiger partial charge in [0.15, 0.2) is 0 Å². The fourth-order valence-electron chi connectivity index (χ4n) is 0.905. The number of nitrogens with one attached hydrogen (secondary N) is 1. The van der Waals surface area contributed by atoms with Gasteiger partial charge in [-0.05, 0) is 6.07 Å². The number of pyridine rings is 1. The predicted molar refractivity (Wildman–Crippen MR) is 54.1 cm³/mol. The monoisotopic (exact) mass is 223 g/mol. The van der Waals surface area contributed by atoms with E-state index in [0.717, 1.165) is 0 Å². The molecule has 2 heterocycles. The molecule has 0 unspecified atom stereocenters. The molecule has 0 amide bonds. The van der Waals surface area contributed by atoms with Crippen molar-refractivity contribution >= 4 is 28.0 Å². The van der Waals surface area contributed by atoms with Gasteiger partial charge < -0.3 is 5.32 Å². The first-order chi connectivity index (χ1) is 7.25. The lowest BCUT2D eigenvalue weighted by Gasteiger charge is -1.98. The second kappa shape index (κ2) is 3.96. The van der Waals surface area contributed by atoms with Gasteiger partial charge in [0.2, 0.25) is 5.13 Å². The van der Waals surface area contributed by atoms with E-state index in [0.29, 0.717) is 10.9 Å². The molecule has 1 N–H and O–H groups in total. The SMILES string of the molecule is O=[N+]([O-])c1ccc(Nc2nncs2)nc1. The highest BCUT2D eigenvalue weighted by Crippen LogP contribution is 2.17. The fraction of sp³-hybridized carbons (Fsp3) is 0. The quantitative estimate of drug-likeness (QED) is 0.627. The average Bonchev–Trinajstić information content (AvgIpc) is 2.71. The van der Waals surface area contributed by atoms with Gasteiger partial charge in [0, 0.05) is 6.07 Å². The molecule has 0 aliphatic rings. The normalized spacial score (nSPS) is 9.87. The lowest BCUT2D eigenvalue weighted by Crippen LogP contribution is -1.94. The topological polar surface area (TPSA) is 93.8 Å². The minimum absolute atomic E-state index is 0.0437. The van der Waals surface area contributed by atoms with Gasteiger partial charge >= 0.3 is 0 Å². The predicted octanol–water partition coefficient (Wildman–Crippen LogP) is 1.58. The van der Waals surface area contributed by atoms with Crippen LogP contribution in [0.2, 0.25) is 0 Å². The van der Waals surface area contributed by atoms with E-state index in [2.05, 4.69) is 20.5 Å². The van der Waals surface area contributed by atoms with E-state index in [-0.39, 0.29) is 5.69 Å². The zero-order chi connectivity index (χ0) is 10.7. The molecule has 0 fully saturated rings. The number of nitrogens with zero attached hydrogens (tertiary/aromatic N) is 4. The summed E-state index contributed by atoms with van der Waals surface area (Å²) >= 11 is 1.32. The van der Waals surface area contributed by atoms with Gasteiger partial charge in [-0.3, -0.25) is 10.1 Å². The Bertz CT molecular complexity index is 455.